The van der Waals surface area contributed by atoms with Gasteiger partial charge in [0.15, 0.2) is 0 Å². The minimum atomic E-state index is -0.474. The van der Waals surface area contributed by atoms with Crippen molar-refractivity contribution < 1.29 is 9.72 Å². The van der Waals surface area contributed by atoms with Gasteiger partial charge in [-0.2, -0.15) is 0 Å². The van der Waals surface area contributed by atoms with E-state index in [2.05, 4.69) is 26.2 Å². The number of nitrogens with zero attached hydrogens (tertiary/aromatic N) is 2. The number of nitro groups is 1. The fraction of sp³-hybridized carbons (Fsp3) is 0.143. The number of pyridine rings is 1. The summed E-state index contributed by atoms with van der Waals surface area (Å²) in [6, 6.07) is 9.40. The summed E-state index contributed by atoms with van der Waals surface area (Å²) in [4.78, 5) is 26.2. The molecule has 0 aliphatic heterocycles. The lowest BCUT2D eigenvalue weighted by molar-refractivity contribution is -0.384. The maximum Gasteiger partial charge on any atom is 0.269 e. The molecule has 0 aliphatic carbocycles. The van der Waals surface area contributed by atoms with Gasteiger partial charge < -0.3 is 5.32 Å². The summed E-state index contributed by atoms with van der Waals surface area (Å²) in [6.45, 7) is 1.83. The Kier molecular flexibility index (Phi) is 4.64. The zero-order valence-corrected chi connectivity index (χ0v) is 12.8. The Morgan fingerprint density at radius 3 is 2.52 bits per heavy atom. The first-order chi connectivity index (χ1) is 9.95. The Hall–Kier alpha value is -2.28. The third-order valence-electron chi connectivity index (χ3n) is 2.80. The molecule has 0 bridgehead atoms. The molecule has 0 unspecified atom stereocenters. The fourth-order valence-corrected chi connectivity index (χ4v) is 1.94. The van der Waals surface area contributed by atoms with E-state index in [9.17, 15) is 14.9 Å². The second-order valence-corrected chi connectivity index (χ2v) is 5.27. The van der Waals surface area contributed by atoms with Crippen LogP contribution in [0.15, 0.2) is 40.9 Å². The van der Waals surface area contributed by atoms with Crippen molar-refractivity contribution in [3.8, 4) is 0 Å². The van der Waals surface area contributed by atoms with Crippen LogP contribution in [0.3, 0.4) is 0 Å². The van der Waals surface area contributed by atoms with Crippen molar-refractivity contribution in [3.63, 3.8) is 0 Å². The van der Waals surface area contributed by atoms with Gasteiger partial charge in [0.05, 0.1) is 17.0 Å². The third kappa shape index (κ3) is 4.09. The first-order valence-electron chi connectivity index (χ1n) is 6.12. The molecule has 7 heteroatoms. The number of anilines is 1. The van der Waals surface area contributed by atoms with Crippen molar-refractivity contribution >= 4 is 33.3 Å². The number of nitro benzene ring substituents is 1. The Labute approximate surface area is 129 Å². The minimum absolute atomic E-state index is 0.00404. The second kappa shape index (κ2) is 6.45. The molecule has 0 fully saturated rings. The average Bonchev–Trinajstić information content (AvgIpc) is 2.43. The molecule has 2 aromatic rings. The fourth-order valence-electron chi connectivity index (χ4n) is 1.72. The number of hydrogen-bond donors (Lipinski definition) is 1. The minimum Gasteiger partial charge on any atom is -0.310 e. The number of rotatable bonds is 4. The zero-order valence-electron chi connectivity index (χ0n) is 11.2. The van der Waals surface area contributed by atoms with Crippen LogP contribution in [-0.2, 0) is 11.2 Å². The van der Waals surface area contributed by atoms with Gasteiger partial charge in [0, 0.05) is 16.6 Å². The molecular weight excluding hydrogens is 338 g/mol. The lowest BCUT2D eigenvalue weighted by atomic mass is 10.1. The van der Waals surface area contributed by atoms with E-state index in [4.69, 9.17) is 0 Å². The highest BCUT2D eigenvalue weighted by molar-refractivity contribution is 9.10. The number of nitrogens with one attached hydrogen (secondary N) is 1. The normalized spacial score (nSPS) is 10.2. The SMILES string of the molecule is Cc1nc(NC(=O)Cc2ccc([N+](=O)[O-])cc2)ccc1Br. The van der Waals surface area contributed by atoms with E-state index in [0.717, 1.165) is 10.2 Å². The van der Waals surface area contributed by atoms with E-state index in [1.807, 2.05) is 13.0 Å². The molecular formula is C14H12BrN3O3. The van der Waals surface area contributed by atoms with Crippen LogP contribution in [0.4, 0.5) is 11.5 Å². The Morgan fingerprint density at radius 2 is 1.95 bits per heavy atom. The lowest BCUT2D eigenvalue weighted by Crippen LogP contribution is -2.15. The number of non-ortho nitro benzene ring substituents is 1. The molecule has 1 aromatic carbocycles. The molecule has 6 nitrogen and oxygen atoms in total. The average molecular weight is 350 g/mol. The quantitative estimate of drug-likeness (QED) is 0.678. The standard InChI is InChI=1S/C14H12BrN3O3/c1-9-12(15)6-7-13(16-9)17-14(19)8-10-2-4-11(5-3-10)18(20)21/h2-7H,8H2,1H3,(H,16,17,19). The largest absolute Gasteiger partial charge is 0.310 e. The van der Waals surface area contributed by atoms with Gasteiger partial charge in [-0.05, 0) is 40.5 Å². The number of benzene rings is 1. The number of carbonyl (C=O) groups excluding carboxylic acids is 1. The molecule has 2 rings (SSSR count). The van der Waals surface area contributed by atoms with E-state index < -0.39 is 4.92 Å². The molecule has 1 aromatic heterocycles. The first-order valence-corrected chi connectivity index (χ1v) is 6.91. The summed E-state index contributed by atoms with van der Waals surface area (Å²) < 4.78 is 0.871. The van der Waals surface area contributed by atoms with Gasteiger partial charge in [-0.15, -0.1) is 0 Å². The molecule has 0 saturated carbocycles. The summed E-state index contributed by atoms with van der Waals surface area (Å²) in [5, 5.41) is 13.2. The molecule has 0 radical (unpaired) electrons. The van der Waals surface area contributed by atoms with Crippen LogP contribution in [0, 0.1) is 17.0 Å². The number of carbonyl (C=O) groups is 1. The second-order valence-electron chi connectivity index (χ2n) is 4.41. The monoisotopic (exact) mass is 349 g/mol. The molecule has 0 saturated heterocycles. The van der Waals surface area contributed by atoms with Crippen molar-refractivity contribution in [2.45, 2.75) is 13.3 Å². The highest BCUT2D eigenvalue weighted by Crippen LogP contribution is 2.17. The van der Waals surface area contributed by atoms with Crippen molar-refractivity contribution in [2.24, 2.45) is 0 Å². The van der Waals surface area contributed by atoms with E-state index in [1.165, 1.54) is 12.1 Å². The van der Waals surface area contributed by atoms with E-state index in [0.29, 0.717) is 11.4 Å². The Morgan fingerprint density at radius 1 is 1.29 bits per heavy atom. The number of hydrogen-bond acceptors (Lipinski definition) is 4. The predicted molar refractivity (Wildman–Crippen MR) is 82.1 cm³/mol. The van der Waals surface area contributed by atoms with Gasteiger partial charge in [0.1, 0.15) is 5.82 Å². The van der Waals surface area contributed by atoms with Gasteiger partial charge in [-0.3, -0.25) is 14.9 Å². The van der Waals surface area contributed by atoms with E-state index >= 15 is 0 Å². The van der Waals surface area contributed by atoms with Gasteiger partial charge >= 0.3 is 0 Å². The predicted octanol–water partition coefficient (Wildman–Crippen LogP) is 3.24. The van der Waals surface area contributed by atoms with Gasteiger partial charge in [0.25, 0.3) is 5.69 Å². The van der Waals surface area contributed by atoms with Crippen molar-refractivity contribution in [1.82, 2.24) is 4.98 Å². The maximum atomic E-state index is 11.9. The van der Waals surface area contributed by atoms with Crippen LogP contribution in [0.25, 0.3) is 0 Å². The zero-order chi connectivity index (χ0) is 15.4. The highest BCUT2D eigenvalue weighted by Gasteiger charge is 2.08. The van der Waals surface area contributed by atoms with E-state index in [-0.39, 0.29) is 18.0 Å². The third-order valence-corrected chi connectivity index (χ3v) is 3.64. The number of aromatic nitrogens is 1. The summed E-state index contributed by atoms with van der Waals surface area (Å²) in [7, 11) is 0. The van der Waals surface area contributed by atoms with Crippen molar-refractivity contribution in [3.05, 3.63) is 62.2 Å². The number of halogens is 1. The van der Waals surface area contributed by atoms with Crippen LogP contribution in [0.5, 0.6) is 0 Å². The summed E-state index contributed by atoms with van der Waals surface area (Å²) in [6.07, 6.45) is 0.134. The molecule has 1 heterocycles. The Bertz CT molecular complexity index is 686. The topological polar surface area (TPSA) is 85.1 Å². The van der Waals surface area contributed by atoms with Crippen LogP contribution in [0.2, 0.25) is 0 Å². The van der Waals surface area contributed by atoms with Crippen LogP contribution in [-0.4, -0.2) is 15.8 Å². The van der Waals surface area contributed by atoms with Gasteiger partial charge in [-0.1, -0.05) is 12.1 Å². The van der Waals surface area contributed by atoms with Crippen LogP contribution < -0.4 is 5.32 Å². The molecule has 0 aliphatic rings. The number of aryl methyl sites for hydroxylation is 1. The highest BCUT2D eigenvalue weighted by atomic mass is 79.9. The Balaban J connectivity index is 2.01. The van der Waals surface area contributed by atoms with Crippen molar-refractivity contribution in [2.75, 3.05) is 5.32 Å². The van der Waals surface area contributed by atoms with Gasteiger partial charge in [-0.25, -0.2) is 4.98 Å². The summed E-state index contributed by atoms with van der Waals surface area (Å²) in [5.74, 6) is 0.251. The van der Waals surface area contributed by atoms with E-state index in [1.54, 1.807) is 18.2 Å². The van der Waals surface area contributed by atoms with Crippen molar-refractivity contribution in [1.29, 1.82) is 0 Å². The summed E-state index contributed by atoms with van der Waals surface area (Å²) >= 11 is 3.34. The molecule has 21 heavy (non-hydrogen) atoms. The maximum absolute atomic E-state index is 11.9. The molecule has 1 amide bonds. The van der Waals surface area contributed by atoms with Crippen LogP contribution >= 0.6 is 15.9 Å². The molecule has 0 spiro atoms. The molecule has 0 atom stereocenters. The summed E-state index contributed by atoms with van der Waals surface area (Å²) in [5.41, 5.74) is 1.49. The van der Waals surface area contributed by atoms with Crippen LogP contribution in [0.1, 0.15) is 11.3 Å². The van der Waals surface area contributed by atoms with Gasteiger partial charge in [0.2, 0.25) is 5.91 Å². The number of amides is 1. The molecule has 108 valence electrons. The molecule has 1 N–H and O–H groups in total. The first kappa shape index (κ1) is 15.1. The smallest absolute Gasteiger partial charge is 0.269 e. The lowest BCUT2D eigenvalue weighted by Gasteiger charge is -2.06.